The minimum atomic E-state index is -3.47. The SMILES string of the molecule is O=C(C1CCN(S(=O)(=O)c2cccs2)CC1)N(Cc1ccccc1F)C1CC1. The van der Waals surface area contributed by atoms with Crippen LogP contribution in [0, 0.1) is 11.7 Å². The van der Waals surface area contributed by atoms with E-state index in [2.05, 4.69) is 0 Å². The maximum Gasteiger partial charge on any atom is 0.252 e. The Labute approximate surface area is 168 Å². The van der Waals surface area contributed by atoms with Gasteiger partial charge in [0.25, 0.3) is 10.0 Å². The van der Waals surface area contributed by atoms with Crippen LogP contribution < -0.4 is 0 Å². The standard InChI is InChI=1S/C20H23FN2O3S2/c21-18-5-2-1-4-16(18)14-23(17-7-8-17)20(24)15-9-11-22(12-10-15)28(25,26)19-6-3-13-27-19/h1-6,13,15,17H,7-12,14H2. The molecule has 0 radical (unpaired) electrons. The van der Waals surface area contributed by atoms with Crippen LogP contribution in [0.25, 0.3) is 0 Å². The lowest BCUT2D eigenvalue weighted by Crippen LogP contribution is -2.44. The summed E-state index contributed by atoms with van der Waals surface area (Å²) in [6.07, 6.45) is 2.91. The van der Waals surface area contributed by atoms with Gasteiger partial charge in [0.15, 0.2) is 0 Å². The molecule has 1 aromatic carbocycles. The topological polar surface area (TPSA) is 57.7 Å². The van der Waals surface area contributed by atoms with Crippen LogP contribution in [0.15, 0.2) is 46.0 Å². The lowest BCUT2D eigenvalue weighted by molar-refractivity contribution is -0.138. The third kappa shape index (κ3) is 3.99. The minimum Gasteiger partial charge on any atom is -0.335 e. The molecule has 0 N–H and O–H groups in total. The van der Waals surface area contributed by atoms with Crippen LogP contribution in [-0.2, 0) is 21.4 Å². The van der Waals surface area contributed by atoms with Crippen LogP contribution in [0.5, 0.6) is 0 Å². The Morgan fingerprint density at radius 3 is 2.43 bits per heavy atom. The Bertz CT molecular complexity index is 934. The van der Waals surface area contributed by atoms with Gasteiger partial charge in [0.1, 0.15) is 10.0 Å². The molecule has 150 valence electrons. The molecule has 0 spiro atoms. The zero-order valence-corrected chi connectivity index (χ0v) is 17.1. The number of nitrogens with zero attached hydrogens (tertiary/aromatic N) is 2. The molecule has 2 aromatic rings. The highest BCUT2D eigenvalue weighted by Gasteiger charge is 2.39. The van der Waals surface area contributed by atoms with Crippen LogP contribution in [0.3, 0.4) is 0 Å². The second kappa shape index (κ2) is 7.93. The molecule has 2 fully saturated rings. The van der Waals surface area contributed by atoms with Crippen molar-refractivity contribution in [1.82, 2.24) is 9.21 Å². The molecule has 8 heteroatoms. The van der Waals surface area contributed by atoms with Gasteiger partial charge in [0.05, 0.1) is 0 Å². The lowest BCUT2D eigenvalue weighted by atomic mass is 9.96. The average molecular weight is 423 g/mol. The molecule has 1 amide bonds. The molecule has 28 heavy (non-hydrogen) atoms. The van der Waals surface area contributed by atoms with Gasteiger partial charge < -0.3 is 4.90 Å². The Hall–Kier alpha value is -1.77. The fourth-order valence-electron chi connectivity index (χ4n) is 3.70. The van der Waals surface area contributed by atoms with Crippen molar-refractivity contribution in [2.45, 2.75) is 42.5 Å². The Morgan fingerprint density at radius 1 is 1.11 bits per heavy atom. The monoisotopic (exact) mass is 422 g/mol. The van der Waals surface area contributed by atoms with Crippen molar-refractivity contribution >= 4 is 27.3 Å². The Balaban J connectivity index is 1.42. The first-order valence-electron chi connectivity index (χ1n) is 9.54. The number of sulfonamides is 1. The number of benzene rings is 1. The van der Waals surface area contributed by atoms with Gasteiger partial charge in [-0.3, -0.25) is 4.79 Å². The summed E-state index contributed by atoms with van der Waals surface area (Å²) in [5, 5.41) is 1.75. The first kappa shape index (κ1) is 19.5. The summed E-state index contributed by atoms with van der Waals surface area (Å²) in [4.78, 5) is 14.9. The lowest BCUT2D eigenvalue weighted by Gasteiger charge is -2.33. The number of hydrogen-bond donors (Lipinski definition) is 0. The normalized spacial score (nSPS) is 18.9. The Kier molecular flexibility index (Phi) is 5.53. The fraction of sp³-hybridized carbons (Fsp3) is 0.450. The molecule has 1 saturated heterocycles. The molecule has 1 saturated carbocycles. The van der Waals surface area contributed by atoms with Crippen LogP contribution in [0.2, 0.25) is 0 Å². The minimum absolute atomic E-state index is 0.0268. The van der Waals surface area contributed by atoms with Crippen molar-refractivity contribution in [1.29, 1.82) is 0 Å². The van der Waals surface area contributed by atoms with E-state index in [-0.39, 0.29) is 30.2 Å². The molecule has 2 aliphatic rings. The predicted molar refractivity (Wildman–Crippen MR) is 106 cm³/mol. The fourth-order valence-corrected chi connectivity index (χ4v) is 6.31. The highest BCUT2D eigenvalue weighted by atomic mass is 32.2. The van der Waals surface area contributed by atoms with E-state index in [1.807, 2.05) is 0 Å². The van der Waals surface area contributed by atoms with Crippen molar-refractivity contribution in [2.24, 2.45) is 5.92 Å². The van der Waals surface area contributed by atoms with Gasteiger partial charge in [-0.25, -0.2) is 12.8 Å². The van der Waals surface area contributed by atoms with Crippen LogP contribution in [-0.4, -0.2) is 42.7 Å². The van der Waals surface area contributed by atoms with Gasteiger partial charge in [-0.2, -0.15) is 4.31 Å². The molecule has 4 rings (SSSR count). The number of carbonyl (C=O) groups excluding carboxylic acids is 1. The third-order valence-corrected chi connectivity index (χ3v) is 8.73. The molecule has 0 unspecified atom stereocenters. The highest BCUT2D eigenvalue weighted by Crippen LogP contribution is 2.33. The molecular weight excluding hydrogens is 399 g/mol. The van der Waals surface area contributed by atoms with E-state index in [0.717, 1.165) is 12.8 Å². The van der Waals surface area contributed by atoms with Gasteiger partial charge in [0.2, 0.25) is 5.91 Å². The first-order valence-corrected chi connectivity index (χ1v) is 11.9. The highest BCUT2D eigenvalue weighted by molar-refractivity contribution is 7.91. The number of rotatable bonds is 6. The predicted octanol–water partition coefficient (Wildman–Crippen LogP) is 3.48. The van der Waals surface area contributed by atoms with Gasteiger partial charge in [-0.05, 0) is 43.2 Å². The molecule has 5 nitrogen and oxygen atoms in total. The average Bonchev–Trinajstić information content (AvgIpc) is 3.38. The molecule has 1 aromatic heterocycles. The number of halogens is 1. The number of carbonyl (C=O) groups is 1. The molecule has 1 aliphatic carbocycles. The third-order valence-electron chi connectivity index (χ3n) is 5.46. The summed E-state index contributed by atoms with van der Waals surface area (Å²) in [6, 6.07) is 10.1. The van der Waals surface area contributed by atoms with Crippen molar-refractivity contribution in [3.8, 4) is 0 Å². The maximum atomic E-state index is 14.0. The zero-order valence-electron chi connectivity index (χ0n) is 15.5. The van der Waals surface area contributed by atoms with Crippen LogP contribution >= 0.6 is 11.3 Å². The second-order valence-electron chi connectivity index (χ2n) is 7.40. The summed E-state index contributed by atoms with van der Waals surface area (Å²) >= 11 is 1.21. The molecule has 0 bridgehead atoms. The van der Waals surface area contributed by atoms with Crippen LogP contribution in [0.4, 0.5) is 4.39 Å². The van der Waals surface area contributed by atoms with Gasteiger partial charge >= 0.3 is 0 Å². The van der Waals surface area contributed by atoms with E-state index >= 15 is 0 Å². The van der Waals surface area contributed by atoms with E-state index < -0.39 is 10.0 Å². The van der Waals surface area contributed by atoms with E-state index in [1.54, 1.807) is 40.6 Å². The van der Waals surface area contributed by atoms with E-state index in [9.17, 15) is 17.6 Å². The largest absolute Gasteiger partial charge is 0.335 e. The number of thiophene rings is 1. The first-order chi connectivity index (χ1) is 13.5. The molecule has 2 heterocycles. The Morgan fingerprint density at radius 2 is 1.82 bits per heavy atom. The molecule has 1 aliphatic heterocycles. The van der Waals surface area contributed by atoms with Gasteiger partial charge in [0, 0.05) is 37.2 Å². The van der Waals surface area contributed by atoms with Crippen molar-refractivity contribution in [3.63, 3.8) is 0 Å². The number of piperidine rings is 1. The smallest absolute Gasteiger partial charge is 0.252 e. The van der Waals surface area contributed by atoms with E-state index in [0.29, 0.717) is 35.7 Å². The molecule has 0 atom stereocenters. The summed E-state index contributed by atoms with van der Waals surface area (Å²) in [7, 11) is -3.47. The molecular formula is C20H23FN2O3S2. The van der Waals surface area contributed by atoms with Crippen molar-refractivity contribution in [2.75, 3.05) is 13.1 Å². The van der Waals surface area contributed by atoms with Crippen molar-refractivity contribution < 1.29 is 17.6 Å². The van der Waals surface area contributed by atoms with Crippen molar-refractivity contribution in [3.05, 3.63) is 53.2 Å². The summed E-state index contributed by atoms with van der Waals surface area (Å²) in [6.45, 7) is 0.966. The number of hydrogen-bond acceptors (Lipinski definition) is 4. The van der Waals surface area contributed by atoms with E-state index in [4.69, 9.17) is 0 Å². The summed E-state index contributed by atoms with van der Waals surface area (Å²) in [5.41, 5.74) is 0.528. The van der Waals surface area contributed by atoms with E-state index in [1.165, 1.54) is 21.7 Å². The zero-order chi connectivity index (χ0) is 19.7. The quantitative estimate of drug-likeness (QED) is 0.716. The number of amides is 1. The maximum absolute atomic E-state index is 14.0. The summed E-state index contributed by atoms with van der Waals surface area (Å²) < 4.78 is 41.2. The van der Waals surface area contributed by atoms with Crippen LogP contribution in [0.1, 0.15) is 31.2 Å². The second-order valence-corrected chi connectivity index (χ2v) is 10.5. The van der Waals surface area contributed by atoms with Gasteiger partial charge in [-0.1, -0.05) is 24.3 Å². The summed E-state index contributed by atoms with van der Waals surface area (Å²) in [5.74, 6) is -0.473. The van der Waals surface area contributed by atoms with Gasteiger partial charge in [-0.15, -0.1) is 11.3 Å².